The molecule has 0 aromatic heterocycles. The second-order valence-corrected chi connectivity index (χ2v) is 7.69. The predicted octanol–water partition coefficient (Wildman–Crippen LogP) is 2.50. The number of urea groups is 1. The van der Waals surface area contributed by atoms with Crippen LogP contribution in [-0.2, 0) is 11.3 Å². The van der Waals surface area contributed by atoms with Crippen molar-refractivity contribution in [2.75, 3.05) is 26.2 Å². The van der Waals surface area contributed by atoms with Crippen LogP contribution in [-0.4, -0.2) is 66.2 Å². The number of carbonyl (C=O) groups excluding carboxylic acids is 2. The number of benzene rings is 1. The van der Waals surface area contributed by atoms with Crippen LogP contribution in [0.2, 0.25) is 0 Å². The number of likely N-dealkylation sites (tertiary alicyclic amines) is 2. The fraction of sp³-hybridized carbons (Fsp3) is 0.600. The Morgan fingerprint density at radius 1 is 1.00 bits per heavy atom. The molecule has 2 fully saturated rings. The van der Waals surface area contributed by atoms with Gasteiger partial charge in [-0.05, 0) is 44.3 Å². The van der Waals surface area contributed by atoms with E-state index in [-0.39, 0.29) is 12.6 Å². The molecule has 2 saturated heterocycles. The van der Waals surface area contributed by atoms with Gasteiger partial charge in [0.2, 0.25) is 5.91 Å². The van der Waals surface area contributed by atoms with Gasteiger partial charge in [0.25, 0.3) is 0 Å². The number of imide groups is 1. The quantitative estimate of drug-likeness (QED) is 0.754. The molecule has 2 aliphatic rings. The van der Waals surface area contributed by atoms with E-state index in [0.717, 1.165) is 45.3 Å². The van der Waals surface area contributed by atoms with Crippen LogP contribution in [0.1, 0.15) is 31.2 Å². The van der Waals surface area contributed by atoms with Crippen LogP contribution in [0.15, 0.2) is 30.3 Å². The molecule has 3 rings (SSSR count). The lowest BCUT2D eigenvalue weighted by Gasteiger charge is -2.34. The van der Waals surface area contributed by atoms with E-state index in [1.165, 1.54) is 5.56 Å². The Hall–Kier alpha value is -2.13. The number of nitrogens with one attached hydrogen (secondary N) is 2. The summed E-state index contributed by atoms with van der Waals surface area (Å²) in [5.41, 5.74) is 1.25. The Kier molecular flexibility index (Phi) is 7.13. The zero-order chi connectivity index (χ0) is 20.9. The third-order valence-electron chi connectivity index (χ3n) is 5.55. The maximum atomic E-state index is 12.2. The molecule has 2 N–H and O–H groups in total. The van der Waals surface area contributed by atoms with E-state index < -0.39 is 24.7 Å². The molecule has 1 aromatic rings. The van der Waals surface area contributed by atoms with E-state index in [1.807, 2.05) is 23.5 Å². The topological polar surface area (TPSA) is 64.7 Å². The maximum absolute atomic E-state index is 12.2. The highest BCUT2D eigenvalue weighted by atomic mass is 19.4. The standard InChI is InChI=1S/C20H27F3N4O2/c21-20(22,23)14-24-19(29)25-18(28)13-27-11-5-9-17(27)16-8-4-10-26(16)12-15-6-2-1-3-7-15/h1-3,6-7,16-17H,4-5,8-14H2,(H2,24,25,28,29). The van der Waals surface area contributed by atoms with Gasteiger partial charge in [-0.1, -0.05) is 30.3 Å². The molecule has 160 valence electrons. The van der Waals surface area contributed by atoms with Crippen LogP contribution >= 0.6 is 0 Å². The first-order chi connectivity index (χ1) is 13.8. The highest BCUT2D eigenvalue weighted by Crippen LogP contribution is 2.30. The SMILES string of the molecule is O=C(CN1CCCC1C1CCCN1Cc1ccccc1)NC(=O)NCC(F)(F)F. The van der Waals surface area contributed by atoms with Crippen molar-refractivity contribution in [2.24, 2.45) is 0 Å². The minimum atomic E-state index is -4.51. The van der Waals surface area contributed by atoms with E-state index in [0.29, 0.717) is 6.04 Å². The van der Waals surface area contributed by atoms with Crippen LogP contribution < -0.4 is 10.6 Å². The van der Waals surface area contributed by atoms with Crippen LogP contribution in [0.5, 0.6) is 0 Å². The Balaban J connectivity index is 1.52. The molecular weight excluding hydrogens is 385 g/mol. The lowest BCUT2D eigenvalue weighted by molar-refractivity contribution is -0.125. The van der Waals surface area contributed by atoms with Crippen molar-refractivity contribution in [1.82, 2.24) is 20.4 Å². The summed E-state index contributed by atoms with van der Waals surface area (Å²) in [5, 5.41) is 3.65. The minimum Gasteiger partial charge on any atom is -0.329 e. The highest BCUT2D eigenvalue weighted by molar-refractivity contribution is 5.95. The molecular formula is C20H27F3N4O2. The molecule has 29 heavy (non-hydrogen) atoms. The average Bonchev–Trinajstić information content (AvgIpc) is 3.29. The molecule has 0 radical (unpaired) electrons. The summed E-state index contributed by atoms with van der Waals surface area (Å²) in [5.74, 6) is -0.579. The first kappa shape index (κ1) is 21.6. The van der Waals surface area contributed by atoms with Gasteiger partial charge in [-0.3, -0.25) is 19.9 Å². The van der Waals surface area contributed by atoms with Gasteiger partial charge in [0.1, 0.15) is 6.54 Å². The molecule has 2 heterocycles. The van der Waals surface area contributed by atoms with Crippen LogP contribution in [0.25, 0.3) is 0 Å². The minimum absolute atomic E-state index is 0.0137. The number of hydrogen-bond donors (Lipinski definition) is 2. The van der Waals surface area contributed by atoms with Crippen LogP contribution in [0.3, 0.4) is 0 Å². The monoisotopic (exact) mass is 412 g/mol. The molecule has 0 spiro atoms. The normalized spacial score (nSPS) is 23.3. The van der Waals surface area contributed by atoms with Crippen molar-refractivity contribution >= 4 is 11.9 Å². The fourth-order valence-electron chi connectivity index (χ4n) is 4.36. The lowest BCUT2D eigenvalue weighted by atomic mass is 10.0. The summed E-state index contributed by atoms with van der Waals surface area (Å²) < 4.78 is 36.5. The Morgan fingerprint density at radius 2 is 1.62 bits per heavy atom. The molecule has 1 aromatic carbocycles. The van der Waals surface area contributed by atoms with Gasteiger partial charge in [-0.2, -0.15) is 13.2 Å². The summed E-state index contributed by atoms with van der Waals surface area (Å²) >= 11 is 0. The summed E-state index contributed by atoms with van der Waals surface area (Å²) in [6.07, 6.45) is -0.405. The van der Waals surface area contributed by atoms with Crippen molar-refractivity contribution in [3.63, 3.8) is 0 Å². The van der Waals surface area contributed by atoms with E-state index in [4.69, 9.17) is 0 Å². The first-order valence-corrected chi connectivity index (χ1v) is 9.98. The first-order valence-electron chi connectivity index (χ1n) is 9.98. The average molecular weight is 412 g/mol. The van der Waals surface area contributed by atoms with Gasteiger partial charge in [0.15, 0.2) is 0 Å². The number of alkyl halides is 3. The van der Waals surface area contributed by atoms with Crippen LogP contribution in [0, 0.1) is 0 Å². The number of rotatable bonds is 6. The Morgan fingerprint density at radius 3 is 2.28 bits per heavy atom. The number of halogens is 3. The second kappa shape index (κ2) is 9.58. The smallest absolute Gasteiger partial charge is 0.329 e. The van der Waals surface area contributed by atoms with Crippen molar-refractivity contribution in [3.05, 3.63) is 35.9 Å². The molecule has 0 saturated carbocycles. The summed E-state index contributed by atoms with van der Waals surface area (Å²) in [6.45, 7) is 1.17. The van der Waals surface area contributed by atoms with Crippen molar-refractivity contribution in [3.8, 4) is 0 Å². The van der Waals surface area contributed by atoms with E-state index in [9.17, 15) is 22.8 Å². The van der Waals surface area contributed by atoms with Gasteiger partial charge < -0.3 is 5.32 Å². The third-order valence-corrected chi connectivity index (χ3v) is 5.55. The van der Waals surface area contributed by atoms with Crippen LogP contribution in [0.4, 0.5) is 18.0 Å². The van der Waals surface area contributed by atoms with Gasteiger partial charge in [0.05, 0.1) is 6.54 Å². The maximum Gasteiger partial charge on any atom is 0.405 e. The number of nitrogens with zero attached hydrogens (tertiary/aromatic N) is 2. The summed E-state index contributed by atoms with van der Waals surface area (Å²) in [7, 11) is 0. The molecule has 2 unspecified atom stereocenters. The molecule has 6 nitrogen and oxygen atoms in total. The van der Waals surface area contributed by atoms with Crippen molar-refractivity contribution in [1.29, 1.82) is 0 Å². The molecule has 2 atom stereocenters. The third kappa shape index (κ3) is 6.43. The summed E-state index contributed by atoms with van der Waals surface area (Å²) in [6, 6.07) is 9.69. The second-order valence-electron chi connectivity index (χ2n) is 7.69. The zero-order valence-corrected chi connectivity index (χ0v) is 16.3. The van der Waals surface area contributed by atoms with Gasteiger partial charge in [0, 0.05) is 18.6 Å². The molecule has 0 bridgehead atoms. The fourth-order valence-corrected chi connectivity index (χ4v) is 4.36. The molecule has 9 heteroatoms. The van der Waals surface area contributed by atoms with Gasteiger partial charge in [-0.25, -0.2) is 4.79 Å². The summed E-state index contributed by atoms with van der Waals surface area (Å²) in [4.78, 5) is 28.2. The van der Waals surface area contributed by atoms with Crippen molar-refractivity contribution in [2.45, 2.75) is 50.5 Å². The molecule has 2 aliphatic heterocycles. The van der Waals surface area contributed by atoms with Crippen molar-refractivity contribution < 1.29 is 22.8 Å². The predicted molar refractivity (Wildman–Crippen MR) is 102 cm³/mol. The van der Waals surface area contributed by atoms with E-state index in [1.54, 1.807) is 5.32 Å². The largest absolute Gasteiger partial charge is 0.405 e. The Bertz CT molecular complexity index is 699. The zero-order valence-electron chi connectivity index (χ0n) is 16.3. The van der Waals surface area contributed by atoms with E-state index in [2.05, 4.69) is 21.9 Å². The number of hydrogen-bond acceptors (Lipinski definition) is 4. The van der Waals surface area contributed by atoms with Gasteiger partial charge >= 0.3 is 12.2 Å². The highest BCUT2D eigenvalue weighted by Gasteiger charge is 2.38. The lowest BCUT2D eigenvalue weighted by Crippen LogP contribution is -2.51. The number of amides is 3. The van der Waals surface area contributed by atoms with Gasteiger partial charge in [-0.15, -0.1) is 0 Å². The number of carbonyl (C=O) groups is 2. The van der Waals surface area contributed by atoms with E-state index >= 15 is 0 Å². The molecule has 3 amide bonds. The molecule has 0 aliphatic carbocycles. The Labute approximate surface area is 168 Å².